The van der Waals surface area contributed by atoms with Crippen LogP contribution in [0.3, 0.4) is 0 Å². The van der Waals surface area contributed by atoms with E-state index in [-0.39, 0.29) is 0 Å². The topological polar surface area (TPSA) is 70.3 Å². The normalized spacial score (nSPS) is 16.1. The van der Waals surface area contributed by atoms with Gasteiger partial charge in [-0.1, -0.05) is 22.0 Å². The standard InChI is InChI=1S/C17H23BrN6/c1-23-8-6-14(7-9-23)24(2)17-15(19)16(20-11-21-17)22-13-5-3-4-12(18)10-13/h3-5,10-11,14H,6-9,19H2,1-2H3,(H,20,21,22). The van der Waals surface area contributed by atoms with Crippen LogP contribution < -0.4 is 16.0 Å². The van der Waals surface area contributed by atoms with Gasteiger partial charge in [0.05, 0.1) is 0 Å². The predicted molar refractivity (Wildman–Crippen MR) is 103 cm³/mol. The predicted octanol–water partition coefficient (Wildman–Crippen LogP) is 3.10. The number of nitrogens with two attached hydrogens (primary N) is 1. The van der Waals surface area contributed by atoms with E-state index in [1.54, 1.807) is 6.33 Å². The summed E-state index contributed by atoms with van der Waals surface area (Å²) < 4.78 is 1.00. The average molecular weight is 391 g/mol. The number of hydrogen-bond donors (Lipinski definition) is 2. The first kappa shape index (κ1) is 17.0. The molecular formula is C17H23BrN6. The maximum atomic E-state index is 6.35. The highest BCUT2D eigenvalue weighted by atomic mass is 79.9. The van der Waals surface area contributed by atoms with Crippen molar-refractivity contribution in [2.24, 2.45) is 0 Å². The molecule has 24 heavy (non-hydrogen) atoms. The molecule has 1 aliphatic heterocycles. The molecule has 0 amide bonds. The Kier molecular flexibility index (Phi) is 5.20. The van der Waals surface area contributed by atoms with Crippen LogP contribution in [0.15, 0.2) is 35.1 Å². The molecule has 0 atom stereocenters. The van der Waals surface area contributed by atoms with Gasteiger partial charge in [0.2, 0.25) is 0 Å². The van der Waals surface area contributed by atoms with Crippen LogP contribution in [0.2, 0.25) is 0 Å². The molecular weight excluding hydrogens is 368 g/mol. The number of aromatic nitrogens is 2. The molecule has 0 aliphatic carbocycles. The molecule has 3 N–H and O–H groups in total. The number of piperidine rings is 1. The summed E-state index contributed by atoms with van der Waals surface area (Å²) in [7, 11) is 4.23. The summed E-state index contributed by atoms with van der Waals surface area (Å²) >= 11 is 3.47. The third-order valence-electron chi connectivity index (χ3n) is 4.52. The number of nitrogen functional groups attached to an aromatic ring is 1. The van der Waals surface area contributed by atoms with Crippen molar-refractivity contribution in [1.82, 2.24) is 14.9 Å². The van der Waals surface area contributed by atoms with Gasteiger partial charge in [-0.05, 0) is 51.2 Å². The van der Waals surface area contributed by atoms with Gasteiger partial charge in [-0.3, -0.25) is 0 Å². The Balaban J connectivity index is 1.80. The lowest BCUT2D eigenvalue weighted by Gasteiger charge is -2.36. The van der Waals surface area contributed by atoms with Crippen molar-refractivity contribution >= 4 is 38.9 Å². The van der Waals surface area contributed by atoms with Crippen molar-refractivity contribution in [3.8, 4) is 0 Å². The quantitative estimate of drug-likeness (QED) is 0.835. The average Bonchev–Trinajstić information content (AvgIpc) is 2.57. The van der Waals surface area contributed by atoms with Gasteiger partial charge in [0.25, 0.3) is 0 Å². The summed E-state index contributed by atoms with van der Waals surface area (Å²) in [6, 6.07) is 8.37. The van der Waals surface area contributed by atoms with Crippen molar-refractivity contribution in [3.63, 3.8) is 0 Å². The van der Waals surface area contributed by atoms with E-state index in [1.165, 1.54) is 0 Å². The second-order valence-electron chi connectivity index (χ2n) is 6.24. The van der Waals surface area contributed by atoms with E-state index in [0.717, 1.165) is 41.9 Å². The number of nitrogens with one attached hydrogen (secondary N) is 1. The molecule has 1 saturated heterocycles. The number of anilines is 4. The minimum Gasteiger partial charge on any atom is -0.393 e. The molecule has 0 radical (unpaired) electrons. The minimum atomic E-state index is 0.456. The van der Waals surface area contributed by atoms with E-state index in [4.69, 9.17) is 5.73 Å². The van der Waals surface area contributed by atoms with Gasteiger partial charge in [0.1, 0.15) is 12.0 Å². The number of halogens is 1. The number of hydrogen-bond acceptors (Lipinski definition) is 6. The molecule has 128 valence electrons. The molecule has 1 aromatic carbocycles. The Bertz CT molecular complexity index is 699. The monoisotopic (exact) mass is 390 g/mol. The Morgan fingerprint density at radius 2 is 2.04 bits per heavy atom. The van der Waals surface area contributed by atoms with E-state index >= 15 is 0 Å². The summed E-state index contributed by atoms with van der Waals surface area (Å²) in [5.41, 5.74) is 7.87. The third-order valence-corrected chi connectivity index (χ3v) is 5.01. The van der Waals surface area contributed by atoms with Gasteiger partial charge in [-0.15, -0.1) is 0 Å². The molecule has 1 aliphatic rings. The maximum Gasteiger partial charge on any atom is 0.159 e. The molecule has 1 aromatic heterocycles. The highest BCUT2D eigenvalue weighted by Gasteiger charge is 2.23. The fourth-order valence-electron chi connectivity index (χ4n) is 3.03. The largest absolute Gasteiger partial charge is 0.393 e. The Morgan fingerprint density at radius 3 is 2.75 bits per heavy atom. The van der Waals surface area contributed by atoms with Crippen LogP contribution in [0, 0.1) is 0 Å². The second-order valence-corrected chi connectivity index (χ2v) is 7.16. The molecule has 1 fully saturated rings. The van der Waals surface area contributed by atoms with Crippen LogP contribution in [-0.2, 0) is 0 Å². The van der Waals surface area contributed by atoms with Crippen molar-refractivity contribution in [3.05, 3.63) is 35.1 Å². The van der Waals surface area contributed by atoms with Gasteiger partial charge in [0.15, 0.2) is 11.6 Å². The lowest BCUT2D eigenvalue weighted by molar-refractivity contribution is 0.252. The van der Waals surface area contributed by atoms with Crippen LogP contribution in [0.5, 0.6) is 0 Å². The van der Waals surface area contributed by atoms with Crippen molar-refractivity contribution in [2.75, 3.05) is 43.1 Å². The summed E-state index contributed by atoms with van der Waals surface area (Å²) in [5, 5.41) is 3.28. The van der Waals surface area contributed by atoms with E-state index < -0.39 is 0 Å². The van der Waals surface area contributed by atoms with Gasteiger partial charge in [-0.25, -0.2) is 9.97 Å². The van der Waals surface area contributed by atoms with Crippen LogP contribution >= 0.6 is 15.9 Å². The zero-order valence-corrected chi connectivity index (χ0v) is 15.6. The molecule has 0 saturated carbocycles. The maximum absolute atomic E-state index is 6.35. The van der Waals surface area contributed by atoms with Crippen molar-refractivity contribution < 1.29 is 0 Å². The molecule has 2 heterocycles. The fraction of sp³-hybridized carbons (Fsp3) is 0.412. The third kappa shape index (κ3) is 3.79. The highest BCUT2D eigenvalue weighted by Crippen LogP contribution is 2.31. The Labute approximate surface area is 151 Å². The lowest BCUT2D eigenvalue weighted by atomic mass is 10.0. The number of nitrogens with zero attached hydrogens (tertiary/aromatic N) is 4. The Morgan fingerprint density at radius 1 is 1.29 bits per heavy atom. The van der Waals surface area contributed by atoms with Crippen molar-refractivity contribution in [1.29, 1.82) is 0 Å². The van der Waals surface area contributed by atoms with Crippen LogP contribution in [0.4, 0.5) is 23.0 Å². The first-order chi connectivity index (χ1) is 11.5. The summed E-state index contributed by atoms with van der Waals surface area (Å²) in [4.78, 5) is 13.3. The molecule has 6 nitrogen and oxygen atoms in total. The van der Waals surface area contributed by atoms with Gasteiger partial charge >= 0.3 is 0 Å². The first-order valence-corrected chi connectivity index (χ1v) is 8.88. The summed E-state index contributed by atoms with van der Waals surface area (Å²) in [6.07, 6.45) is 3.80. The smallest absolute Gasteiger partial charge is 0.159 e. The van der Waals surface area contributed by atoms with E-state index in [1.807, 2.05) is 24.3 Å². The highest BCUT2D eigenvalue weighted by molar-refractivity contribution is 9.10. The first-order valence-electron chi connectivity index (χ1n) is 8.09. The molecule has 7 heteroatoms. The van der Waals surface area contributed by atoms with Crippen LogP contribution in [-0.4, -0.2) is 48.1 Å². The lowest BCUT2D eigenvalue weighted by Crippen LogP contribution is -2.42. The van der Waals surface area contributed by atoms with Crippen LogP contribution in [0.25, 0.3) is 0 Å². The summed E-state index contributed by atoms with van der Waals surface area (Å²) in [6.45, 7) is 2.20. The van der Waals surface area contributed by atoms with E-state index in [9.17, 15) is 0 Å². The molecule has 0 spiro atoms. The van der Waals surface area contributed by atoms with Crippen LogP contribution in [0.1, 0.15) is 12.8 Å². The van der Waals surface area contributed by atoms with Crippen molar-refractivity contribution in [2.45, 2.75) is 18.9 Å². The van der Waals surface area contributed by atoms with Gasteiger partial charge < -0.3 is 20.9 Å². The number of likely N-dealkylation sites (tertiary alicyclic amines) is 1. The molecule has 3 rings (SSSR count). The second kappa shape index (κ2) is 7.36. The fourth-order valence-corrected chi connectivity index (χ4v) is 3.42. The van der Waals surface area contributed by atoms with Gasteiger partial charge in [-0.2, -0.15) is 0 Å². The number of benzene rings is 1. The number of rotatable bonds is 4. The van der Waals surface area contributed by atoms with E-state index in [2.05, 4.69) is 55.1 Å². The molecule has 0 bridgehead atoms. The summed E-state index contributed by atoms with van der Waals surface area (Å²) in [5.74, 6) is 1.43. The Hall–Kier alpha value is -1.86. The zero-order chi connectivity index (χ0) is 17.1. The molecule has 2 aromatic rings. The van der Waals surface area contributed by atoms with Gasteiger partial charge in [0, 0.05) is 23.2 Å². The SMILES string of the molecule is CN1CCC(N(C)c2ncnc(Nc3cccc(Br)c3)c2N)CC1. The molecule has 0 unspecified atom stereocenters. The minimum absolute atomic E-state index is 0.456. The zero-order valence-electron chi connectivity index (χ0n) is 14.0. The van der Waals surface area contributed by atoms with E-state index in [0.29, 0.717) is 17.5 Å².